The van der Waals surface area contributed by atoms with Crippen LogP contribution in [0.2, 0.25) is 0 Å². The van der Waals surface area contributed by atoms with Gasteiger partial charge < -0.3 is 19.0 Å². The molecule has 2 aromatic rings. The SMILES string of the molecule is C=C(SCCCN1CC2C[C@@]2(c2cccc(OC)c2)C1)N(C)C(=N)c1ocnc1C. The number of benzene rings is 1. The zero-order chi connectivity index (χ0) is 21.3. The van der Waals surface area contributed by atoms with Crippen LogP contribution in [-0.4, -0.2) is 60.2 Å². The molecule has 0 bridgehead atoms. The van der Waals surface area contributed by atoms with E-state index in [2.05, 4.69) is 34.7 Å². The van der Waals surface area contributed by atoms with Crippen molar-refractivity contribution in [2.45, 2.75) is 25.2 Å². The van der Waals surface area contributed by atoms with Gasteiger partial charge in [0.25, 0.3) is 0 Å². The number of aryl methyl sites for hydroxylation is 1. The van der Waals surface area contributed by atoms with E-state index in [1.54, 1.807) is 23.8 Å². The average molecular weight is 427 g/mol. The van der Waals surface area contributed by atoms with Gasteiger partial charge in [-0.15, -0.1) is 11.8 Å². The molecule has 1 aromatic heterocycles. The fourth-order valence-corrected chi connectivity index (χ4v) is 5.31. The molecule has 1 unspecified atom stereocenters. The van der Waals surface area contributed by atoms with Gasteiger partial charge >= 0.3 is 0 Å². The topological polar surface area (TPSA) is 65.6 Å². The molecule has 2 fully saturated rings. The van der Waals surface area contributed by atoms with E-state index in [0.717, 1.165) is 47.7 Å². The molecular weight excluding hydrogens is 396 g/mol. The molecule has 7 heteroatoms. The third-order valence-electron chi connectivity index (χ3n) is 6.42. The second-order valence-corrected chi connectivity index (χ2v) is 9.46. The summed E-state index contributed by atoms with van der Waals surface area (Å²) < 4.78 is 10.7. The van der Waals surface area contributed by atoms with Gasteiger partial charge in [-0.3, -0.25) is 5.41 Å². The lowest BCUT2D eigenvalue weighted by atomic mass is 9.95. The Bertz CT molecular complexity index is 943. The molecule has 2 atom stereocenters. The van der Waals surface area contributed by atoms with Crippen LogP contribution in [-0.2, 0) is 5.41 Å². The van der Waals surface area contributed by atoms with E-state index in [-0.39, 0.29) is 0 Å². The number of oxazole rings is 1. The van der Waals surface area contributed by atoms with Gasteiger partial charge in [-0.25, -0.2) is 4.98 Å². The molecule has 160 valence electrons. The Labute approximate surface area is 182 Å². The second-order valence-electron chi connectivity index (χ2n) is 8.29. The fourth-order valence-electron chi connectivity index (χ4n) is 4.52. The molecule has 1 saturated carbocycles. The molecule has 2 heterocycles. The first-order chi connectivity index (χ1) is 14.4. The molecular formula is C23H30N4O2S. The highest BCUT2D eigenvalue weighted by Gasteiger charge is 2.60. The van der Waals surface area contributed by atoms with Gasteiger partial charge in [0.15, 0.2) is 18.0 Å². The van der Waals surface area contributed by atoms with Gasteiger partial charge in [0.1, 0.15) is 5.75 Å². The van der Waals surface area contributed by atoms with Crippen molar-refractivity contribution < 1.29 is 9.15 Å². The molecule has 0 amide bonds. The lowest BCUT2D eigenvalue weighted by Gasteiger charge is -2.22. The van der Waals surface area contributed by atoms with Crippen LogP contribution in [0.15, 0.2) is 46.7 Å². The number of nitrogens with zero attached hydrogens (tertiary/aromatic N) is 3. The van der Waals surface area contributed by atoms with Gasteiger partial charge in [0.2, 0.25) is 0 Å². The van der Waals surface area contributed by atoms with Crippen LogP contribution in [0.4, 0.5) is 0 Å². The summed E-state index contributed by atoms with van der Waals surface area (Å²) in [6.07, 6.45) is 3.78. The highest BCUT2D eigenvalue weighted by atomic mass is 32.2. The molecule has 1 saturated heterocycles. The minimum Gasteiger partial charge on any atom is -0.497 e. The summed E-state index contributed by atoms with van der Waals surface area (Å²) in [6, 6.07) is 8.60. The summed E-state index contributed by atoms with van der Waals surface area (Å²) in [5.74, 6) is 3.51. The van der Waals surface area contributed by atoms with Crippen molar-refractivity contribution in [1.29, 1.82) is 5.41 Å². The number of methoxy groups -OCH3 is 1. The average Bonchev–Trinajstić information content (AvgIpc) is 3.08. The number of amidine groups is 1. The number of nitrogens with one attached hydrogen (secondary N) is 1. The predicted molar refractivity (Wildman–Crippen MR) is 121 cm³/mol. The highest BCUT2D eigenvalue weighted by Crippen LogP contribution is 2.59. The Balaban J connectivity index is 1.22. The maximum Gasteiger partial charge on any atom is 0.192 e. The van der Waals surface area contributed by atoms with Crippen molar-refractivity contribution in [3.8, 4) is 5.75 Å². The first kappa shape index (κ1) is 21.0. The minimum absolute atomic E-state index is 0.294. The number of ether oxygens (including phenoxy) is 1. The van der Waals surface area contributed by atoms with Gasteiger partial charge in [-0.1, -0.05) is 18.7 Å². The van der Waals surface area contributed by atoms with E-state index in [1.807, 2.05) is 20.0 Å². The maximum atomic E-state index is 8.30. The number of rotatable bonds is 9. The number of piperidine rings is 1. The van der Waals surface area contributed by atoms with Crippen LogP contribution in [0.3, 0.4) is 0 Å². The molecule has 6 nitrogen and oxygen atoms in total. The van der Waals surface area contributed by atoms with E-state index in [0.29, 0.717) is 17.0 Å². The lowest BCUT2D eigenvalue weighted by molar-refractivity contribution is 0.299. The van der Waals surface area contributed by atoms with Crippen molar-refractivity contribution in [3.63, 3.8) is 0 Å². The summed E-state index contributed by atoms with van der Waals surface area (Å²) in [5.41, 5.74) is 2.50. The molecule has 2 aliphatic rings. The number of fused-ring (bicyclic) bond motifs is 1. The summed E-state index contributed by atoms with van der Waals surface area (Å²) in [6.45, 7) is 9.41. The van der Waals surface area contributed by atoms with E-state index >= 15 is 0 Å². The minimum atomic E-state index is 0.294. The molecule has 0 radical (unpaired) electrons. The Morgan fingerprint density at radius 3 is 3.07 bits per heavy atom. The first-order valence-corrected chi connectivity index (χ1v) is 11.3. The zero-order valence-electron chi connectivity index (χ0n) is 18.0. The highest BCUT2D eigenvalue weighted by molar-refractivity contribution is 8.02. The van der Waals surface area contributed by atoms with Crippen LogP contribution < -0.4 is 4.74 Å². The Hall–Kier alpha value is -2.25. The Kier molecular flexibility index (Phi) is 5.93. The summed E-state index contributed by atoms with van der Waals surface area (Å²) in [4.78, 5) is 8.43. The Morgan fingerprint density at radius 1 is 1.50 bits per heavy atom. The molecule has 4 rings (SSSR count). The fraction of sp³-hybridized carbons (Fsp3) is 0.478. The van der Waals surface area contributed by atoms with E-state index in [1.165, 1.54) is 24.9 Å². The first-order valence-electron chi connectivity index (χ1n) is 10.4. The number of hydrogen-bond donors (Lipinski definition) is 1. The zero-order valence-corrected chi connectivity index (χ0v) is 18.8. The van der Waals surface area contributed by atoms with Gasteiger partial charge in [-0.05, 0) is 49.9 Å². The summed E-state index contributed by atoms with van der Waals surface area (Å²) >= 11 is 1.70. The normalized spacial score (nSPS) is 22.6. The molecule has 1 N–H and O–H groups in total. The van der Waals surface area contributed by atoms with Crippen molar-refractivity contribution >= 4 is 17.6 Å². The number of hydrogen-bond acceptors (Lipinski definition) is 6. The van der Waals surface area contributed by atoms with Crippen molar-refractivity contribution in [2.24, 2.45) is 5.92 Å². The third-order valence-corrected chi connectivity index (χ3v) is 7.52. The monoisotopic (exact) mass is 426 g/mol. The third kappa shape index (κ3) is 4.01. The van der Waals surface area contributed by atoms with Gasteiger partial charge in [0, 0.05) is 31.3 Å². The molecule has 1 aromatic carbocycles. The van der Waals surface area contributed by atoms with Gasteiger partial charge in [-0.2, -0.15) is 0 Å². The maximum absolute atomic E-state index is 8.30. The van der Waals surface area contributed by atoms with E-state index in [9.17, 15) is 0 Å². The van der Waals surface area contributed by atoms with Crippen molar-refractivity contribution in [2.75, 3.05) is 39.5 Å². The van der Waals surface area contributed by atoms with Crippen LogP contribution in [0.1, 0.15) is 29.9 Å². The molecule has 1 aliphatic carbocycles. The van der Waals surface area contributed by atoms with Crippen molar-refractivity contribution in [1.82, 2.24) is 14.8 Å². The summed E-state index contributed by atoms with van der Waals surface area (Å²) in [5, 5.41) is 9.15. The number of likely N-dealkylation sites (tertiary alicyclic amines) is 1. The number of aromatic nitrogens is 1. The van der Waals surface area contributed by atoms with Crippen LogP contribution in [0.5, 0.6) is 5.75 Å². The Morgan fingerprint density at radius 2 is 2.33 bits per heavy atom. The van der Waals surface area contributed by atoms with E-state index < -0.39 is 0 Å². The second kappa shape index (κ2) is 8.47. The van der Waals surface area contributed by atoms with Gasteiger partial charge in [0.05, 0.1) is 17.8 Å². The largest absolute Gasteiger partial charge is 0.497 e. The quantitative estimate of drug-likeness (QED) is 0.370. The molecule has 30 heavy (non-hydrogen) atoms. The van der Waals surface area contributed by atoms with Crippen LogP contribution in [0, 0.1) is 18.3 Å². The standard InChI is InChI=1S/C23H30N4O2S/c1-16-21(29-15-25-16)22(24)26(3)17(2)30-10-6-9-27-13-19-12-23(19,14-27)18-7-5-8-20(11-18)28-4/h5,7-8,11,15,19,24H,2,6,9-10,12-14H2,1,3-4H3/t19?,23-/m0/s1. The molecule has 0 spiro atoms. The smallest absolute Gasteiger partial charge is 0.192 e. The predicted octanol–water partition coefficient (Wildman–Crippen LogP) is 4.12. The van der Waals surface area contributed by atoms with Crippen LogP contribution >= 0.6 is 11.8 Å². The molecule has 1 aliphatic heterocycles. The lowest BCUT2D eigenvalue weighted by Crippen LogP contribution is -2.28. The number of thioether (sulfide) groups is 1. The van der Waals surface area contributed by atoms with Crippen molar-refractivity contribution in [3.05, 3.63) is 59.3 Å². The van der Waals surface area contributed by atoms with Crippen LogP contribution in [0.25, 0.3) is 0 Å². The summed E-state index contributed by atoms with van der Waals surface area (Å²) in [7, 11) is 3.59. The van der Waals surface area contributed by atoms with E-state index in [4.69, 9.17) is 14.6 Å².